The first-order valence-corrected chi connectivity index (χ1v) is 9.24. The molecule has 0 aliphatic carbocycles. The van der Waals surface area contributed by atoms with Crippen LogP contribution in [-0.2, 0) is 11.2 Å². The minimum absolute atomic E-state index is 0.229. The highest BCUT2D eigenvalue weighted by molar-refractivity contribution is 6.01. The maximum atomic E-state index is 12.5. The standard InChI is InChI=1S/C24H22O4/c1-3-18-12-14-19(15-13-18)23(25)17(2)27-24(26)20-8-7-11-22(16-20)28-21-9-5-4-6-10-21/h4-17H,3H2,1-2H3. The molecule has 28 heavy (non-hydrogen) atoms. The minimum atomic E-state index is -0.876. The number of ketones is 1. The summed E-state index contributed by atoms with van der Waals surface area (Å²) in [6.45, 7) is 3.63. The van der Waals surface area contributed by atoms with Crippen molar-refractivity contribution in [2.45, 2.75) is 26.4 Å². The van der Waals surface area contributed by atoms with Crippen molar-refractivity contribution < 1.29 is 19.1 Å². The van der Waals surface area contributed by atoms with E-state index in [0.29, 0.717) is 22.6 Å². The number of ether oxygens (including phenoxy) is 2. The van der Waals surface area contributed by atoms with Gasteiger partial charge < -0.3 is 9.47 Å². The van der Waals surface area contributed by atoms with Gasteiger partial charge in [0.25, 0.3) is 0 Å². The van der Waals surface area contributed by atoms with Crippen LogP contribution in [0, 0.1) is 0 Å². The normalized spacial score (nSPS) is 11.5. The molecule has 0 aliphatic rings. The summed E-state index contributed by atoms with van der Waals surface area (Å²) in [7, 11) is 0. The molecule has 3 rings (SSSR count). The highest BCUT2D eigenvalue weighted by atomic mass is 16.5. The molecule has 3 aromatic rings. The smallest absolute Gasteiger partial charge is 0.338 e. The summed E-state index contributed by atoms with van der Waals surface area (Å²) in [4.78, 5) is 25.0. The van der Waals surface area contributed by atoms with Gasteiger partial charge in [-0.2, -0.15) is 0 Å². The molecular formula is C24H22O4. The predicted molar refractivity (Wildman–Crippen MR) is 108 cm³/mol. The quantitative estimate of drug-likeness (QED) is 0.406. The Morgan fingerprint density at radius 3 is 2.18 bits per heavy atom. The molecule has 142 valence electrons. The number of esters is 1. The first kappa shape index (κ1) is 19.4. The molecule has 0 aromatic heterocycles. The van der Waals surface area contributed by atoms with Gasteiger partial charge in [-0.15, -0.1) is 0 Å². The molecule has 1 unspecified atom stereocenters. The molecule has 0 saturated heterocycles. The van der Waals surface area contributed by atoms with E-state index in [1.807, 2.05) is 42.5 Å². The summed E-state index contributed by atoms with van der Waals surface area (Å²) in [5, 5.41) is 0. The van der Waals surface area contributed by atoms with E-state index >= 15 is 0 Å². The number of carbonyl (C=O) groups excluding carboxylic acids is 2. The summed E-state index contributed by atoms with van der Waals surface area (Å²) in [6.07, 6.45) is 0.0270. The van der Waals surface area contributed by atoms with E-state index in [1.54, 1.807) is 43.3 Å². The van der Waals surface area contributed by atoms with Crippen molar-refractivity contribution in [3.63, 3.8) is 0 Å². The second kappa shape index (κ2) is 9.00. The van der Waals surface area contributed by atoms with Gasteiger partial charge in [0.2, 0.25) is 5.78 Å². The summed E-state index contributed by atoms with van der Waals surface area (Å²) in [5.74, 6) is 0.402. The van der Waals surface area contributed by atoms with E-state index < -0.39 is 12.1 Å². The number of carbonyl (C=O) groups is 2. The van der Waals surface area contributed by atoms with Gasteiger partial charge in [-0.05, 0) is 49.2 Å². The van der Waals surface area contributed by atoms with Crippen LogP contribution in [0.4, 0.5) is 0 Å². The SMILES string of the molecule is CCc1ccc(C(=O)C(C)OC(=O)c2cccc(Oc3ccccc3)c2)cc1. The predicted octanol–water partition coefficient (Wildman–Crippen LogP) is 5.47. The summed E-state index contributed by atoms with van der Waals surface area (Å²) < 4.78 is 11.1. The maximum absolute atomic E-state index is 12.5. The second-order valence-corrected chi connectivity index (χ2v) is 6.41. The van der Waals surface area contributed by atoms with Crippen LogP contribution in [-0.4, -0.2) is 17.9 Å². The fourth-order valence-corrected chi connectivity index (χ4v) is 2.73. The Bertz CT molecular complexity index is 946. The zero-order valence-electron chi connectivity index (χ0n) is 15.9. The van der Waals surface area contributed by atoms with E-state index in [0.717, 1.165) is 12.0 Å². The second-order valence-electron chi connectivity index (χ2n) is 6.41. The third-order valence-electron chi connectivity index (χ3n) is 4.35. The van der Waals surface area contributed by atoms with Crippen LogP contribution in [0.15, 0.2) is 78.9 Å². The molecule has 0 N–H and O–H groups in total. The van der Waals surface area contributed by atoms with Crippen molar-refractivity contribution in [3.05, 3.63) is 95.6 Å². The number of aryl methyl sites for hydroxylation is 1. The molecule has 0 heterocycles. The van der Waals surface area contributed by atoms with Crippen LogP contribution >= 0.6 is 0 Å². The Hall–Kier alpha value is -3.40. The number of benzene rings is 3. The summed E-state index contributed by atoms with van der Waals surface area (Å²) in [5.41, 5.74) is 2.00. The first-order valence-electron chi connectivity index (χ1n) is 9.24. The van der Waals surface area contributed by atoms with Gasteiger partial charge in [0.15, 0.2) is 6.10 Å². The lowest BCUT2D eigenvalue weighted by atomic mass is 10.0. The van der Waals surface area contributed by atoms with Crippen LogP contribution in [0.3, 0.4) is 0 Å². The van der Waals surface area contributed by atoms with Crippen molar-refractivity contribution in [1.29, 1.82) is 0 Å². The lowest BCUT2D eigenvalue weighted by molar-refractivity contribution is 0.0318. The van der Waals surface area contributed by atoms with Crippen LogP contribution < -0.4 is 4.74 Å². The minimum Gasteiger partial charge on any atom is -0.457 e. The fourth-order valence-electron chi connectivity index (χ4n) is 2.73. The largest absolute Gasteiger partial charge is 0.457 e. The Morgan fingerprint density at radius 2 is 1.50 bits per heavy atom. The van der Waals surface area contributed by atoms with Crippen molar-refractivity contribution >= 4 is 11.8 Å². The van der Waals surface area contributed by atoms with E-state index in [4.69, 9.17) is 9.47 Å². The van der Waals surface area contributed by atoms with Gasteiger partial charge in [0, 0.05) is 5.56 Å². The Labute approximate surface area is 164 Å². The van der Waals surface area contributed by atoms with Gasteiger partial charge in [-0.25, -0.2) is 4.79 Å². The molecule has 0 bridgehead atoms. The molecule has 0 fully saturated rings. The van der Waals surface area contributed by atoms with Crippen LogP contribution in [0.1, 0.15) is 40.1 Å². The van der Waals surface area contributed by atoms with Crippen LogP contribution in [0.5, 0.6) is 11.5 Å². The molecule has 4 nitrogen and oxygen atoms in total. The third kappa shape index (κ3) is 4.86. The topological polar surface area (TPSA) is 52.6 Å². The Morgan fingerprint density at radius 1 is 0.821 bits per heavy atom. The molecule has 4 heteroatoms. The fraction of sp³-hybridized carbons (Fsp3) is 0.167. The molecular weight excluding hydrogens is 352 g/mol. The molecule has 1 atom stereocenters. The third-order valence-corrected chi connectivity index (χ3v) is 4.35. The van der Waals surface area contributed by atoms with E-state index in [2.05, 4.69) is 6.92 Å². The van der Waals surface area contributed by atoms with Crippen molar-refractivity contribution in [2.75, 3.05) is 0 Å². The van der Waals surface area contributed by atoms with Gasteiger partial charge in [-0.3, -0.25) is 4.79 Å². The number of hydrogen-bond donors (Lipinski definition) is 0. The zero-order chi connectivity index (χ0) is 19.9. The van der Waals surface area contributed by atoms with E-state index in [1.165, 1.54) is 0 Å². The average molecular weight is 374 g/mol. The number of rotatable bonds is 7. The summed E-state index contributed by atoms with van der Waals surface area (Å²) >= 11 is 0. The van der Waals surface area contributed by atoms with Crippen molar-refractivity contribution in [3.8, 4) is 11.5 Å². The van der Waals surface area contributed by atoms with Gasteiger partial charge in [0.05, 0.1) is 5.56 Å². The van der Waals surface area contributed by atoms with Gasteiger partial charge in [0.1, 0.15) is 11.5 Å². The number of para-hydroxylation sites is 1. The number of Topliss-reactive ketones (excluding diaryl/α,β-unsaturated/α-hetero) is 1. The summed E-state index contributed by atoms with van der Waals surface area (Å²) in [6, 6.07) is 23.3. The zero-order valence-corrected chi connectivity index (χ0v) is 15.9. The lowest BCUT2D eigenvalue weighted by Gasteiger charge is -2.13. The molecule has 0 spiro atoms. The molecule has 0 amide bonds. The molecule has 0 aliphatic heterocycles. The van der Waals surface area contributed by atoms with Crippen LogP contribution in [0.2, 0.25) is 0 Å². The Balaban J connectivity index is 1.66. The Kier molecular flexibility index (Phi) is 6.22. The molecule has 3 aromatic carbocycles. The average Bonchev–Trinajstić information content (AvgIpc) is 2.74. The van der Waals surface area contributed by atoms with Crippen molar-refractivity contribution in [1.82, 2.24) is 0 Å². The van der Waals surface area contributed by atoms with Crippen molar-refractivity contribution in [2.24, 2.45) is 0 Å². The first-order chi connectivity index (χ1) is 13.6. The maximum Gasteiger partial charge on any atom is 0.338 e. The van der Waals surface area contributed by atoms with Crippen LogP contribution in [0.25, 0.3) is 0 Å². The number of hydrogen-bond acceptors (Lipinski definition) is 4. The lowest BCUT2D eigenvalue weighted by Crippen LogP contribution is -2.24. The van der Waals surface area contributed by atoms with Gasteiger partial charge in [-0.1, -0.05) is 55.5 Å². The monoisotopic (exact) mass is 374 g/mol. The van der Waals surface area contributed by atoms with E-state index in [-0.39, 0.29) is 5.78 Å². The highest BCUT2D eigenvalue weighted by Gasteiger charge is 2.20. The highest BCUT2D eigenvalue weighted by Crippen LogP contribution is 2.22. The van der Waals surface area contributed by atoms with E-state index in [9.17, 15) is 9.59 Å². The molecule has 0 radical (unpaired) electrons. The van der Waals surface area contributed by atoms with Gasteiger partial charge >= 0.3 is 5.97 Å². The molecule has 0 saturated carbocycles.